The highest BCUT2D eigenvalue weighted by molar-refractivity contribution is 5.87. The van der Waals surface area contributed by atoms with Gasteiger partial charge < -0.3 is 4.90 Å². The predicted molar refractivity (Wildman–Crippen MR) is 66.9 cm³/mol. The lowest BCUT2D eigenvalue weighted by molar-refractivity contribution is 0.588. The molecule has 2 aromatic heterocycles. The molecular weight excluding hydrogens is 200 g/mol. The van der Waals surface area contributed by atoms with Gasteiger partial charge >= 0.3 is 0 Å². The lowest BCUT2D eigenvalue weighted by Crippen LogP contribution is -2.12. The van der Waals surface area contributed by atoms with E-state index in [4.69, 9.17) is 0 Å². The molecule has 4 heteroatoms. The van der Waals surface area contributed by atoms with E-state index in [1.54, 1.807) is 0 Å². The number of nitrogens with zero attached hydrogens (tertiary/aromatic N) is 3. The van der Waals surface area contributed by atoms with Crippen molar-refractivity contribution in [2.24, 2.45) is 0 Å². The molecule has 0 saturated heterocycles. The Morgan fingerprint density at radius 2 is 1.94 bits per heavy atom. The molecule has 0 unspecified atom stereocenters. The quantitative estimate of drug-likeness (QED) is 0.799. The molecule has 2 rings (SSSR count). The number of H-pyrrole nitrogens is 1. The van der Waals surface area contributed by atoms with Crippen LogP contribution in [0.4, 0.5) is 5.82 Å². The number of hydrogen-bond donors (Lipinski definition) is 1. The van der Waals surface area contributed by atoms with Gasteiger partial charge in [0.15, 0.2) is 11.5 Å². The summed E-state index contributed by atoms with van der Waals surface area (Å²) in [4.78, 5) is 6.40. The second kappa shape index (κ2) is 3.47. The molecule has 0 saturated carbocycles. The molecule has 0 aliphatic carbocycles. The van der Waals surface area contributed by atoms with Gasteiger partial charge in [-0.05, 0) is 17.0 Å². The minimum atomic E-state index is 0.113. The van der Waals surface area contributed by atoms with Crippen molar-refractivity contribution < 1.29 is 0 Å². The number of fused-ring (bicyclic) bond motifs is 1. The zero-order chi connectivity index (χ0) is 11.9. The molecule has 0 atom stereocenters. The summed E-state index contributed by atoms with van der Waals surface area (Å²) in [5.41, 5.74) is 2.18. The second-order valence-electron chi connectivity index (χ2n) is 5.31. The molecule has 2 aromatic rings. The summed E-state index contributed by atoms with van der Waals surface area (Å²) in [6.45, 7) is 6.56. The van der Waals surface area contributed by atoms with Crippen LogP contribution in [0.15, 0.2) is 12.3 Å². The Labute approximate surface area is 95.7 Å². The third-order valence-corrected chi connectivity index (χ3v) is 2.69. The molecule has 0 bridgehead atoms. The summed E-state index contributed by atoms with van der Waals surface area (Å²) in [5, 5.41) is 8.28. The number of aromatic nitrogens is 3. The first kappa shape index (κ1) is 10.9. The van der Waals surface area contributed by atoms with Crippen molar-refractivity contribution in [1.82, 2.24) is 15.2 Å². The van der Waals surface area contributed by atoms with Gasteiger partial charge in [-0.3, -0.25) is 5.10 Å². The van der Waals surface area contributed by atoms with Crippen LogP contribution in [0.1, 0.15) is 26.3 Å². The van der Waals surface area contributed by atoms with Gasteiger partial charge in [0, 0.05) is 20.3 Å². The van der Waals surface area contributed by atoms with Gasteiger partial charge in [-0.1, -0.05) is 20.8 Å². The number of aromatic amines is 1. The Balaban J connectivity index is 2.63. The molecule has 0 aliphatic rings. The van der Waals surface area contributed by atoms with Crippen LogP contribution in [0.5, 0.6) is 0 Å². The van der Waals surface area contributed by atoms with E-state index < -0.39 is 0 Å². The molecule has 86 valence electrons. The molecule has 0 amide bonds. The molecule has 4 nitrogen and oxygen atoms in total. The SMILES string of the molecule is CN(C)c1n[nH]c2ncc(C(C)(C)C)cc12. The van der Waals surface area contributed by atoms with Crippen molar-refractivity contribution in [2.45, 2.75) is 26.2 Å². The first-order valence-corrected chi connectivity index (χ1v) is 5.41. The maximum absolute atomic E-state index is 4.41. The highest BCUT2D eigenvalue weighted by Gasteiger charge is 2.17. The maximum atomic E-state index is 4.41. The summed E-state index contributed by atoms with van der Waals surface area (Å²) >= 11 is 0. The van der Waals surface area contributed by atoms with E-state index >= 15 is 0 Å². The molecule has 2 heterocycles. The topological polar surface area (TPSA) is 44.8 Å². The maximum Gasteiger partial charge on any atom is 0.159 e. The van der Waals surface area contributed by atoms with Crippen LogP contribution in [-0.2, 0) is 5.41 Å². The van der Waals surface area contributed by atoms with Crippen LogP contribution in [-0.4, -0.2) is 29.3 Å². The van der Waals surface area contributed by atoms with Gasteiger partial charge in [-0.15, -0.1) is 0 Å². The zero-order valence-corrected chi connectivity index (χ0v) is 10.5. The highest BCUT2D eigenvalue weighted by atomic mass is 15.3. The number of nitrogens with one attached hydrogen (secondary N) is 1. The Morgan fingerprint density at radius 1 is 1.25 bits per heavy atom. The van der Waals surface area contributed by atoms with E-state index in [0.29, 0.717) is 0 Å². The zero-order valence-electron chi connectivity index (χ0n) is 10.5. The van der Waals surface area contributed by atoms with Crippen LogP contribution in [0.25, 0.3) is 11.0 Å². The van der Waals surface area contributed by atoms with Gasteiger partial charge in [0.2, 0.25) is 0 Å². The van der Waals surface area contributed by atoms with Crippen LogP contribution >= 0.6 is 0 Å². The first-order valence-electron chi connectivity index (χ1n) is 5.41. The van der Waals surface area contributed by atoms with E-state index in [-0.39, 0.29) is 5.41 Å². The molecule has 16 heavy (non-hydrogen) atoms. The van der Waals surface area contributed by atoms with Crippen molar-refractivity contribution in [2.75, 3.05) is 19.0 Å². The summed E-state index contributed by atoms with van der Waals surface area (Å²) < 4.78 is 0. The number of pyridine rings is 1. The third-order valence-electron chi connectivity index (χ3n) is 2.69. The predicted octanol–water partition coefficient (Wildman–Crippen LogP) is 2.32. The Hall–Kier alpha value is -1.58. The van der Waals surface area contributed by atoms with E-state index in [9.17, 15) is 0 Å². The number of rotatable bonds is 1. The van der Waals surface area contributed by atoms with Gasteiger partial charge in [0.05, 0.1) is 5.39 Å². The standard InChI is InChI=1S/C12H18N4/c1-12(2,3)8-6-9-10(13-7-8)14-15-11(9)16(4)5/h6-7H,1-5H3,(H,13,14,15). The Kier molecular flexibility index (Phi) is 2.37. The molecule has 1 N–H and O–H groups in total. The second-order valence-corrected chi connectivity index (χ2v) is 5.31. The molecule has 0 aromatic carbocycles. The van der Waals surface area contributed by atoms with Crippen molar-refractivity contribution in [1.29, 1.82) is 0 Å². The highest BCUT2D eigenvalue weighted by Crippen LogP contribution is 2.27. The number of anilines is 1. The smallest absolute Gasteiger partial charge is 0.159 e. The van der Waals surface area contributed by atoms with Crippen molar-refractivity contribution in [3.8, 4) is 0 Å². The fourth-order valence-electron chi connectivity index (χ4n) is 1.64. The van der Waals surface area contributed by atoms with Crippen LogP contribution in [0.2, 0.25) is 0 Å². The molecule has 0 radical (unpaired) electrons. The van der Waals surface area contributed by atoms with E-state index in [2.05, 4.69) is 42.0 Å². The van der Waals surface area contributed by atoms with Crippen LogP contribution in [0, 0.1) is 0 Å². The fraction of sp³-hybridized carbons (Fsp3) is 0.500. The van der Waals surface area contributed by atoms with Crippen LogP contribution < -0.4 is 4.90 Å². The first-order chi connectivity index (χ1) is 7.39. The molecule has 0 spiro atoms. The van der Waals surface area contributed by atoms with Crippen molar-refractivity contribution in [3.63, 3.8) is 0 Å². The van der Waals surface area contributed by atoms with Crippen LogP contribution in [0.3, 0.4) is 0 Å². The molecule has 0 fully saturated rings. The minimum Gasteiger partial charge on any atom is -0.361 e. The van der Waals surface area contributed by atoms with Gasteiger partial charge in [-0.2, -0.15) is 5.10 Å². The summed E-state index contributed by atoms with van der Waals surface area (Å²) in [5.74, 6) is 0.939. The van der Waals surface area contributed by atoms with E-state index in [0.717, 1.165) is 16.9 Å². The van der Waals surface area contributed by atoms with E-state index in [1.165, 1.54) is 5.56 Å². The molecule has 0 aliphatic heterocycles. The Morgan fingerprint density at radius 3 is 2.50 bits per heavy atom. The van der Waals surface area contributed by atoms with Gasteiger partial charge in [-0.25, -0.2) is 4.98 Å². The van der Waals surface area contributed by atoms with Gasteiger partial charge in [0.1, 0.15) is 0 Å². The summed E-state index contributed by atoms with van der Waals surface area (Å²) in [7, 11) is 3.97. The van der Waals surface area contributed by atoms with Crippen molar-refractivity contribution in [3.05, 3.63) is 17.8 Å². The monoisotopic (exact) mass is 218 g/mol. The van der Waals surface area contributed by atoms with Gasteiger partial charge in [0.25, 0.3) is 0 Å². The van der Waals surface area contributed by atoms with Crippen molar-refractivity contribution >= 4 is 16.9 Å². The lowest BCUT2D eigenvalue weighted by Gasteiger charge is -2.18. The summed E-state index contributed by atoms with van der Waals surface area (Å²) in [6.07, 6.45) is 1.92. The fourth-order valence-corrected chi connectivity index (χ4v) is 1.64. The normalized spacial score (nSPS) is 12.1. The minimum absolute atomic E-state index is 0.113. The Bertz CT molecular complexity index is 505. The third kappa shape index (κ3) is 1.75. The largest absolute Gasteiger partial charge is 0.361 e. The summed E-state index contributed by atoms with van der Waals surface area (Å²) in [6, 6.07) is 2.17. The number of hydrogen-bond acceptors (Lipinski definition) is 3. The average molecular weight is 218 g/mol. The average Bonchev–Trinajstić information content (AvgIpc) is 2.58. The lowest BCUT2D eigenvalue weighted by atomic mass is 9.88. The van der Waals surface area contributed by atoms with E-state index in [1.807, 2.05) is 25.2 Å². The molecular formula is C12H18N4.